The molecule has 0 heterocycles. The molecule has 2 aromatic carbocycles. The van der Waals surface area contributed by atoms with Gasteiger partial charge in [0, 0.05) is 5.69 Å². The third-order valence-corrected chi connectivity index (χ3v) is 5.19. The zero-order chi connectivity index (χ0) is 20.7. The molecule has 0 atom stereocenters. The number of hydrogen-bond donors (Lipinski definition) is 1. The highest BCUT2D eigenvalue weighted by Gasteiger charge is 2.23. The van der Waals surface area contributed by atoms with Gasteiger partial charge in [-0.05, 0) is 42.7 Å². The molecule has 0 aromatic heterocycles. The first-order chi connectivity index (χ1) is 13.2. The van der Waals surface area contributed by atoms with Crippen molar-refractivity contribution in [3.63, 3.8) is 0 Å². The van der Waals surface area contributed by atoms with Crippen molar-refractivity contribution >= 4 is 33.3 Å². The van der Waals surface area contributed by atoms with Crippen LogP contribution in [0.5, 0.6) is 0 Å². The van der Waals surface area contributed by atoms with Gasteiger partial charge in [-0.2, -0.15) is 0 Å². The Bertz CT molecular complexity index is 939. The lowest BCUT2D eigenvalue weighted by atomic mass is 10.1. The number of nitrogens with one attached hydrogen (secondary N) is 1. The van der Waals surface area contributed by atoms with Crippen LogP contribution in [0, 0.1) is 6.92 Å². The van der Waals surface area contributed by atoms with Crippen LogP contribution in [0.25, 0.3) is 0 Å². The number of ether oxygens (including phenoxy) is 1. The molecule has 0 radical (unpaired) electrons. The maximum Gasteiger partial charge on any atom is 0.327 e. The zero-order valence-corrected chi connectivity index (χ0v) is 17.0. The van der Waals surface area contributed by atoms with Crippen LogP contribution in [0.3, 0.4) is 0 Å². The molecule has 0 saturated heterocycles. The molecule has 0 aliphatic heterocycles. The number of carbonyl (C=O) groups excluding carboxylic acids is 2. The molecule has 1 N–H and O–H groups in total. The third kappa shape index (κ3) is 6.09. The first kappa shape index (κ1) is 21.4. The molecule has 150 valence electrons. The lowest BCUT2D eigenvalue weighted by Crippen LogP contribution is -2.37. The summed E-state index contributed by atoms with van der Waals surface area (Å²) in [6.07, 6.45) is 1.91. The fraction of sp³-hybridized carbons (Fsp3) is 0.300. The Hall–Kier alpha value is -2.87. The van der Waals surface area contributed by atoms with E-state index in [-0.39, 0.29) is 0 Å². The van der Waals surface area contributed by atoms with Gasteiger partial charge in [0.15, 0.2) is 6.61 Å². The lowest BCUT2D eigenvalue weighted by Gasteiger charge is -2.23. The molecule has 8 heteroatoms. The number of aryl methyl sites for hydroxylation is 2. The van der Waals surface area contributed by atoms with Gasteiger partial charge in [0.2, 0.25) is 10.0 Å². The molecule has 0 spiro atoms. The van der Waals surface area contributed by atoms with Gasteiger partial charge in [0.25, 0.3) is 5.91 Å². The monoisotopic (exact) mass is 404 g/mol. The van der Waals surface area contributed by atoms with E-state index in [2.05, 4.69) is 5.32 Å². The number of anilines is 2. The van der Waals surface area contributed by atoms with E-state index in [1.54, 1.807) is 43.3 Å². The van der Waals surface area contributed by atoms with E-state index in [1.807, 2.05) is 19.1 Å². The lowest BCUT2D eigenvalue weighted by molar-refractivity contribution is -0.145. The summed E-state index contributed by atoms with van der Waals surface area (Å²) in [5.74, 6) is -1.32. The molecule has 1 amide bonds. The smallest absolute Gasteiger partial charge is 0.327 e. The SMILES string of the molecule is CCc1ccc(NC(=O)COC(=O)CN(c2ccccc2C)S(C)(=O)=O)cc1. The average molecular weight is 404 g/mol. The van der Waals surface area contributed by atoms with Gasteiger partial charge in [-0.15, -0.1) is 0 Å². The summed E-state index contributed by atoms with van der Waals surface area (Å²) in [5.41, 5.74) is 2.83. The van der Waals surface area contributed by atoms with E-state index in [0.717, 1.165) is 22.5 Å². The standard InChI is InChI=1S/C20H24N2O5S/c1-4-16-9-11-17(12-10-16)21-19(23)14-27-20(24)13-22(28(3,25)26)18-8-6-5-7-15(18)2/h5-12H,4,13-14H2,1-3H3,(H,21,23). The maximum atomic E-state index is 12.1. The van der Waals surface area contributed by atoms with Crippen LogP contribution in [-0.2, 0) is 30.8 Å². The predicted octanol–water partition coefficient (Wildman–Crippen LogP) is 2.51. The van der Waals surface area contributed by atoms with E-state index in [4.69, 9.17) is 4.74 Å². The number of esters is 1. The summed E-state index contributed by atoms with van der Waals surface area (Å²) in [6, 6.07) is 14.1. The topological polar surface area (TPSA) is 92.8 Å². The van der Waals surface area contributed by atoms with Crippen LogP contribution < -0.4 is 9.62 Å². The van der Waals surface area contributed by atoms with Crippen LogP contribution in [0.2, 0.25) is 0 Å². The number of nitrogens with zero attached hydrogens (tertiary/aromatic N) is 1. The Morgan fingerprint density at radius 2 is 1.71 bits per heavy atom. The number of para-hydroxylation sites is 1. The minimum absolute atomic E-state index is 0.391. The highest BCUT2D eigenvalue weighted by molar-refractivity contribution is 7.92. The Labute approximate surface area is 165 Å². The van der Waals surface area contributed by atoms with Gasteiger partial charge in [-0.25, -0.2) is 8.42 Å². The Balaban J connectivity index is 1.95. The van der Waals surface area contributed by atoms with Gasteiger partial charge < -0.3 is 10.1 Å². The number of hydrogen-bond acceptors (Lipinski definition) is 5. The summed E-state index contributed by atoms with van der Waals surface area (Å²) in [7, 11) is -3.70. The summed E-state index contributed by atoms with van der Waals surface area (Å²) in [6.45, 7) is 2.77. The molecule has 7 nitrogen and oxygen atoms in total. The normalized spacial score (nSPS) is 11.0. The molecule has 0 aliphatic rings. The molecule has 2 aromatic rings. The quantitative estimate of drug-likeness (QED) is 0.683. The Kier molecular flexibility index (Phi) is 7.17. The second-order valence-electron chi connectivity index (χ2n) is 6.32. The Morgan fingerprint density at radius 3 is 2.29 bits per heavy atom. The fourth-order valence-electron chi connectivity index (χ4n) is 2.55. The number of benzene rings is 2. The van der Waals surface area contributed by atoms with Crippen LogP contribution in [-0.4, -0.2) is 39.7 Å². The molecular formula is C20H24N2O5S. The van der Waals surface area contributed by atoms with Crippen LogP contribution in [0.4, 0.5) is 11.4 Å². The molecule has 0 bridgehead atoms. The molecule has 0 aliphatic carbocycles. The third-order valence-electron chi connectivity index (χ3n) is 4.07. The van der Waals surface area contributed by atoms with Crippen LogP contribution in [0.1, 0.15) is 18.1 Å². The van der Waals surface area contributed by atoms with Crippen LogP contribution in [0.15, 0.2) is 48.5 Å². The van der Waals surface area contributed by atoms with Crippen molar-refractivity contribution in [3.8, 4) is 0 Å². The van der Waals surface area contributed by atoms with E-state index >= 15 is 0 Å². The number of carbonyl (C=O) groups is 2. The van der Waals surface area contributed by atoms with Crippen molar-refractivity contribution in [2.24, 2.45) is 0 Å². The molecule has 2 rings (SSSR count). The molecule has 0 saturated carbocycles. The van der Waals surface area contributed by atoms with Gasteiger partial charge in [-0.3, -0.25) is 13.9 Å². The predicted molar refractivity (Wildman–Crippen MR) is 109 cm³/mol. The first-order valence-corrected chi connectivity index (χ1v) is 10.6. The van der Waals surface area contributed by atoms with Gasteiger partial charge in [-0.1, -0.05) is 37.3 Å². The van der Waals surface area contributed by atoms with E-state index in [1.165, 1.54) is 0 Å². The minimum Gasteiger partial charge on any atom is -0.454 e. The number of rotatable bonds is 8. The number of sulfonamides is 1. The van der Waals surface area contributed by atoms with Crippen molar-refractivity contribution in [1.29, 1.82) is 0 Å². The summed E-state index contributed by atoms with van der Waals surface area (Å²) >= 11 is 0. The van der Waals surface area contributed by atoms with E-state index in [0.29, 0.717) is 16.9 Å². The fourth-order valence-corrected chi connectivity index (χ4v) is 3.46. The highest BCUT2D eigenvalue weighted by atomic mass is 32.2. The van der Waals surface area contributed by atoms with Crippen molar-refractivity contribution < 1.29 is 22.7 Å². The molecule has 0 fully saturated rings. The zero-order valence-electron chi connectivity index (χ0n) is 16.1. The Morgan fingerprint density at radius 1 is 1.07 bits per heavy atom. The number of amides is 1. The summed E-state index contributed by atoms with van der Waals surface area (Å²) in [4.78, 5) is 24.1. The average Bonchev–Trinajstić information content (AvgIpc) is 2.65. The van der Waals surface area contributed by atoms with Crippen LogP contribution >= 0.6 is 0 Å². The molecule has 28 heavy (non-hydrogen) atoms. The summed E-state index contributed by atoms with van der Waals surface area (Å²) in [5, 5.41) is 2.62. The second kappa shape index (κ2) is 9.36. The van der Waals surface area contributed by atoms with Gasteiger partial charge >= 0.3 is 5.97 Å². The van der Waals surface area contributed by atoms with Crippen molar-refractivity contribution in [1.82, 2.24) is 0 Å². The summed E-state index contributed by atoms with van der Waals surface area (Å²) < 4.78 is 30.1. The second-order valence-corrected chi connectivity index (χ2v) is 8.22. The molecular weight excluding hydrogens is 380 g/mol. The first-order valence-electron chi connectivity index (χ1n) is 8.78. The minimum atomic E-state index is -3.70. The maximum absolute atomic E-state index is 12.1. The highest BCUT2D eigenvalue weighted by Crippen LogP contribution is 2.21. The largest absolute Gasteiger partial charge is 0.454 e. The van der Waals surface area contributed by atoms with Crippen molar-refractivity contribution in [3.05, 3.63) is 59.7 Å². The van der Waals surface area contributed by atoms with Crippen molar-refractivity contribution in [2.75, 3.05) is 29.0 Å². The van der Waals surface area contributed by atoms with E-state index < -0.39 is 35.1 Å². The molecule has 0 unspecified atom stereocenters. The van der Waals surface area contributed by atoms with Gasteiger partial charge in [0.05, 0.1) is 11.9 Å². The van der Waals surface area contributed by atoms with E-state index in [9.17, 15) is 18.0 Å². The van der Waals surface area contributed by atoms with Crippen molar-refractivity contribution in [2.45, 2.75) is 20.3 Å². The van der Waals surface area contributed by atoms with Gasteiger partial charge in [0.1, 0.15) is 6.54 Å².